The Hall–Kier alpha value is -0.620. The molecular weight excluding hydrogens is 254 g/mol. The number of nitrogens with one attached hydrogen (secondary N) is 1. The molecule has 1 aromatic heterocycles. The molecule has 0 unspecified atom stereocenters. The summed E-state index contributed by atoms with van der Waals surface area (Å²) < 4.78 is 0. The number of amides is 1. The lowest BCUT2D eigenvalue weighted by molar-refractivity contribution is -0.118. The van der Waals surface area contributed by atoms with Gasteiger partial charge < -0.3 is 5.32 Å². The summed E-state index contributed by atoms with van der Waals surface area (Å²) >= 11 is 3.23. The van der Waals surface area contributed by atoms with E-state index < -0.39 is 0 Å². The molecule has 0 spiro atoms. The minimum atomic E-state index is 0.0738. The van der Waals surface area contributed by atoms with Gasteiger partial charge in [-0.1, -0.05) is 32.1 Å². The van der Waals surface area contributed by atoms with Gasteiger partial charge in [0.25, 0.3) is 0 Å². The second kappa shape index (κ2) is 7.66. The number of nitrogens with zero attached hydrogens (tertiary/aromatic N) is 2. The largest absolute Gasteiger partial charge is 0.349 e. The van der Waals surface area contributed by atoms with Gasteiger partial charge in [-0.3, -0.25) is 4.79 Å². The quantitative estimate of drug-likeness (QED) is 0.775. The van der Waals surface area contributed by atoms with E-state index in [1.807, 2.05) is 0 Å². The highest BCUT2D eigenvalue weighted by Crippen LogP contribution is 2.18. The summed E-state index contributed by atoms with van der Waals surface area (Å²) in [6.45, 7) is 6.78. The number of hydrogen-bond donors (Lipinski definition) is 1. The molecule has 0 aromatic carbocycles. The van der Waals surface area contributed by atoms with Gasteiger partial charge in [0.1, 0.15) is 10.0 Å². The van der Waals surface area contributed by atoms with Crippen molar-refractivity contribution in [2.45, 2.75) is 39.7 Å². The molecule has 0 saturated carbocycles. The van der Waals surface area contributed by atoms with E-state index in [9.17, 15) is 4.79 Å². The summed E-state index contributed by atoms with van der Waals surface area (Å²) in [6.07, 6.45) is 1.10. The van der Waals surface area contributed by atoms with Crippen LogP contribution in [0.4, 0.5) is 0 Å². The van der Waals surface area contributed by atoms with E-state index >= 15 is 0 Å². The summed E-state index contributed by atoms with van der Waals surface area (Å²) in [5.41, 5.74) is 0. The molecule has 0 saturated heterocycles. The maximum Gasteiger partial charge on any atom is 0.230 e. The Labute approximate surface area is 111 Å². The highest BCUT2D eigenvalue weighted by molar-refractivity contribution is 7.99. The lowest BCUT2D eigenvalue weighted by atomic mass is 10.2. The highest BCUT2D eigenvalue weighted by Gasteiger charge is 2.08. The fourth-order valence-electron chi connectivity index (χ4n) is 1.11. The molecule has 4 nitrogen and oxygen atoms in total. The van der Waals surface area contributed by atoms with Crippen molar-refractivity contribution in [3.63, 3.8) is 0 Å². The normalized spacial score (nSPS) is 10.8. The van der Waals surface area contributed by atoms with Crippen LogP contribution < -0.4 is 5.32 Å². The number of hydrogen-bond acceptors (Lipinski definition) is 5. The van der Waals surface area contributed by atoms with E-state index in [2.05, 4.69) is 36.3 Å². The summed E-state index contributed by atoms with van der Waals surface area (Å²) in [4.78, 5) is 11.5. The molecule has 96 valence electrons. The van der Waals surface area contributed by atoms with Gasteiger partial charge >= 0.3 is 0 Å². The third kappa shape index (κ3) is 5.50. The number of carbonyl (C=O) groups is 1. The van der Waals surface area contributed by atoms with Crippen LogP contribution in [-0.4, -0.2) is 27.6 Å². The van der Waals surface area contributed by atoms with Gasteiger partial charge in [-0.2, -0.15) is 11.8 Å². The van der Waals surface area contributed by atoms with Gasteiger partial charge in [-0.15, -0.1) is 10.2 Å². The standard InChI is InChI=1S/C11H19N3OS2/c1-4-5-16-7-9(15)12-6-10-13-14-11(17-10)8(2)3/h8H,4-7H2,1-3H3,(H,12,15). The van der Waals surface area contributed by atoms with Crippen molar-refractivity contribution in [1.82, 2.24) is 15.5 Å². The van der Waals surface area contributed by atoms with Gasteiger partial charge in [0, 0.05) is 5.92 Å². The molecule has 0 atom stereocenters. The molecule has 1 aromatic rings. The molecule has 0 aliphatic carbocycles. The van der Waals surface area contributed by atoms with E-state index in [1.54, 1.807) is 23.1 Å². The van der Waals surface area contributed by atoms with E-state index in [-0.39, 0.29) is 5.91 Å². The second-order valence-electron chi connectivity index (χ2n) is 4.02. The number of aromatic nitrogens is 2. The van der Waals surface area contributed by atoms with Crippen LogP contribution in [0.5, 0.6) is 0 Å². The van der Waals surface area contributed by atoms with Crippen LogP contribution >= 0.6 is 23.1 Å². The molecule has 0 radical (unpaired) electrons. The Morgan fingerprint density at radius 1 is 1.47 bits per heavy atom. The molecule has 1 heterocycles. The average molecular weight is 273 g/mol. The second-order valence-corrected chi connectivity index (χ2v) is 6.22. The third-order valence-electron chi connectivity index (χ3n) is 1.99. The maximum atomic E-state index is 11.5. The van der Waals surface area contributed by atoms with Crippen molar-refractivity contribution in [2.75, 3.05) is 11.5 Å². The Morgan fingerprint density at radius 3 is 2.82 bits per heavy atom. The van der Waals surface area contributed by atoms with E-state index in [0.29, 0.717) is 18.2 Å². The van der Waals surface area contributed by atoms with Crippen molar-refractivity contribution in [2.24, 2.45) is 0 Å². The highest BCUT2D eigenvalue weighted by atomic mass is 32.2. The zero-order valence-corrected chi connectivity index (χ0v) is 12.2. The fourth-order valence-corrected chi connectivity index (χ4v) is 2.61. The lowest BCUT2D eigenvalue weighted by Gasteiger charge is -2.01. The first-order valence-electron chi connectivity index (χ1n) is 5.80. The molecule has 17 heavy (non-hydrogen) atoms. The van der Waals surface area contributed by atoms with Gasteiger partial charge in [0.05, 0.1) is 12.3 Å². The topological polar surface area (TPSA) is 54.9 Å². The predicted octanol–water partition coefficient (Wildman–Crippen LogP) is 2.42. The van der Waals surface area contributed by atoms with Crippen LogP contribution in [0.2, 0.25) is 0 Å². The minimum absolute atomic E-state index is 0.0738. The van der Waals surface area contributed by atoms with E-state index in [0.717, 1.165) is 22.2 Å². The van der Waals surface area contributed by atoms with Gasteiger partial charge in [0.2, 0.25) is 5.91 Å². The van der Waals surface area contributed by atoms with Gasteiger partial charge in [-0.25, -0.2) is 0 Å². The Morgan fingerprint density at radius 2 is 2.24 bits per heavy atom. The van der Waals surface area contributed by atoms with Gasteiger partial charge in [0.15, 0.2) is 0 Å². The van der Waals surface area contributed by atoms with Crippen molar-refractivity contribution >= 4 is 29.0 Å². The smallest absolute Gasteiger partial charge is 0.230 e. The van der Waals surface area contributed by atoms with E-state index in [4.69, 9.17) is 0 Å². The van der Waals surface area contributed by atoms with Crippen molar-refractivity contribution in [3.05, 3.63) is 10.0 Å². The van der Waals surface area contributed by atoms with Gasteiger partial charge in [-0.05, 0) is 12.2 Å². The van der Waals surface area contributed by atoms with Crippen LogP contribution in [-0.2, 0) is 11.3 Å². The fraction of sp³-hybridized carbons (Fsp3) is 0.727. The first kappa shape index (κ1) is 14.4. The SMILES string of the molecule is CCCSCC(=O)NCc1nnc(C(C)C)s1. The number of rotatable bonds is 7. The van der Waals surface area contributed by atoms with Crippen molar-refractivity contribution in [1.29, 1.82) is 0 Å². The molecule has 1 amide bonds. The Kier molecular flexibility index (Phi) is 6.50. The van der Waals surface area contributed by atoms with Crippen LogP contribution in [0, 0.1) is 0 Å². The zero-order chi connectivity index (χ0) is 12.7. The number of carbonyl (C=O) groups excluding carboxylic acids is 1. The molecule has 0 bridgehead atoms. The molecule has 6 heteroatoms. The molecule has 0 aliphatic heterocycles. The maximum absolute atomic E-state index is 11.5. The first-order chi connectivity index (χ1) is 8.13. The third-order valence-corrected chi connectivity index (χ3v) is 4.38. The molecule has 0 fully saturated rings. The average Bonchev–Trinajstić information content (AvgIpc) is 2.75. The Bertz CT molecular complexity index is 352. The van der Waals surface area contributed by atoms with Crippen LogP contribution in [0.15, 0.2) is 0 Å². The molecule has 1 N–H and O–H groups in total. The molecule has 0 aliphatic rings. The predicted molar refractivity (Wildman–Crippen MR) is 73.5 cm³/mol. The lowest BCUT2D eigenvalue weighted by Crippen LogP contribution is -2.24. The first-order valence-corrected chi connectivity index (χ1v) is 7.77. The summed E-state index contributed by atoms with van der Waals surface area (Å²) in [6, 6.07) is 0. The zero-order valence-electron chi connectivity index (χ0n) is 10.5. The summed E-state index contributed by atoms with van der Waals surface area (Å²) in [5, 5.41) is 12.9. The van der Waals surface area contributed by atoms with E-state index in [1.165, 1.54) is 0 Å². The Balaban J connectivity index is 2.27. The van der Waals surface area contributed by atoms with Crippen molar-refractivity contribution in [3.8, 4) is 0 Å². The van der Waals surface area contributed by atoms with Crippen molar-refractivity contribution < 1.29 is 4.79 Å². The van der Waals surface area contributed by atoms with Crippen LogP contribution in [0.3, 0.4) is 0 Å². The number of thioether (sulfide) groups is 1. The summed E-state index contributed by atoms with van der Waals surface area (Å²) in [7, 11) is 0. The van der Waals surface area contributed by atoms with Crippen LogP contribution in [0.1, 0.15) is 43.1 Å². The molecular formula is C11H19N3OS2. The monoisotopic (exact) mass is 273 g/mol. The summed E-state index contributed by atoms with van der Waals surface area (Å²) in [5.74, 6) is 2.04. The van der Waals surface area contributed by atoms with Crippen LogP contribution in [0.25, 0.3) is 0 Å². The molecule has 1 rings (SSSR count). The minimum Gasteiger partial charge on any atom is -0.349 e.